The van der Waals surface area contributed by atoms with Crippen LogP contribution in [0.3, 0.4) is 0 Å². The van der Waals surface area contributed by atoms with Crippen molar-refractivity contribution in [2.24, 2.45) is 5.41 Å². The summed E-state index contributed by atoms with van der Waals surface area (Å²) in [6.45, 7) is 13.2. The standard InChI is InChI=1S/C14H28N2/c1-13(2)8-6-5-7-12(13)16-10-9-15-14(3,4)11-16/h12,15H,5-11H2,1-4H3. The van der Waals surface area contributed by atoms with E-state index in [1.165, 1.54) is 38.8 Å². The van der Waals surface area contributed by atoms with Crippen molar-refractivity contribution in [2.45, 2.75) is 65.0 Å². The molecule has 0 aromatic carbocycles. The summed E-state index contributed by atoms with van der Waals surface area (Å²) in [5, 5.41) is 3.61. The topological polar surface area (TPSA) is 15.3 Å². The predicted molar refractivity (Wildman–Crippen MR) is 69.7 cm³/mol. The van der Waals surface area contributed by atoms with E-state index in [2.05, 4.69) is 37.9 Å². The molecule has 1 atom stereocenters. The highest BCUT2D eigenvalue weighted by atomic mass is 15.2. The van der Waals surface area contributed by atoms with E-state index < -0.39 is 0 Å². The lowest BCUT2D eigenvalue weighted by molar-refractivity contribution is 0.0153. The third kappa shape index (κ3) is 2.60. The maximum atomic E-state index is 3.61. The van der Waals surface area contributed by atoms with Gasteiger partial charge in [0.2, 0.25) is 0 Å². The van der Waals surface area contributed by atoms with Crippen molar-refractivity contribution in [3.63, 3.8) is 0 Å². The van der Waals surface area contributed by atoms with E-state index in [9.17, 15) is 0 Å². The van der Waals surface area contributed by atoms with Gasteiger partial charge in [-0.3, -0.25) is 4.90 Å². The number of hydrogen-bond donors (Lipinski definition) is 1. The normalized spacial score (nSPS) is 34.9. The lowest BCUT2D eigenvalue weighted by Gasteiger charge is -2.50. The number of nitrogens with zero attached hydrogens (tertiary/aromatic N) is 1. The third-order valence-corrected chi connectivity index (χ3v) is 4.49. The summed E-state index contributed by atoms with van der Waals surface area (Å²) in [7, 11) is 0. The van der Waals surface area contributed by atoms with Gasteiger partial charge in [0, 0.05) is 31.2 Å². The Morgan fingerprint density at radius 2 is 1.88 bits per heavy atom. The summed E-state index contributed by atoms with van der Waals surface area (Å²) >= 11 is 0. The molecule has 16 heavy (non-hydrogen) atoms. The van der Waals surface area contributed by atoms with Crippen LogP contribution in [0, 0.1) is 5.41 Å². The second-order valence-electron chi connectivity index (χ2n) is 7.03. The summed E-state index contributed by atoms with van der Waals surface area (Å²) in [5.74, 6) is 0. The van der Waals surface area contributed by atoms with Crippen molar-refractivity contribution in [1.82, 2.24) is 10.2 Å². The first kappa shape index (κ1) is 12.4. The Kier molecular flexibility index (Phi) is 3.33. The zero-order valence-electron chi connectivity index (χ0n) is 11.5. The van der Waals surface area contributed by atoms with Crippen LogP contribution in [0.2, 0.25) is 0 Å². The lowest BCUT2D eigenvalue weighted by atomic mass is 9.72. The van der Waals surface area contributed by atoms with Crippen LogP contribution in [0.5, 0.6) is 0 Å². The molecule has 1 aliphatic heterocycles. The summed E-state index contributed by atoms with van der Waals surface area (Å²) < 4.78 is 0. The van der Waals surface area contributed by atoms with E-state index in [0.717, 1.165) is 12.6 Å². The van der Waals surface area contributed by atoms with E-state index in [-0.39, 0.29) is 0 Å². The van der Waals surface area contributed by atoms with Crippen LogP contribution in [-0.2, 0) is 0 Å². The maximum absolute atomic E-state index is 3.61. The van der Waals surface area contributed by atoms with Crippen LogP contribution in [0.15, 0.2) is 0 Å². The van der Waals surface area contributed by atoms with E-state index in [1.807, 2.05) is 0 Å². The lowest BCUT2D eigenvalue weighted by Crippen LogP contribution is -2.62. The molecule has 2 heteroatoms. The van der Waals surface area contributed by atoms with Crippen molar-refractivity contribution in [1.29, 1.82) is 0 Å². The highest BCUT2D eigenvalue weighted by molar-refractivity contribution is 4.95. The van der Waals surface area contributed by atoms with Gasteiger partial charge >= 0.3 is 0 Å². The van der Waals surface area contributed by atoms with E-state index in [0.29, 0.717) is 11.0 Å². The molecule has 0 spiro atoms. The molecule has 94 valence electrons. The smallest absolute Gasteiger partial charge is 0.0252 e. The van der Waals surface area contributed by atoms with Gasteiger partial charge in [-0.15, -0.1) is 0 Å². The molecule has 0 aromatic rings. The Balaban J connectivity index is 2.05. The molecule has 1 saturated carbocycles. The molecule has 1 saturated heterocycles. The molecule has 0 amide bonds. The van der Waals surface area contributed by atoms with E-state index >= 15 is 0 Å². The molecule has 0 bridgehead atoms. The van der Waals surface area contributed by atoms with Gasteiger partial charge in [0.25, 0.3) is 0 Å². The number of rotatable bonds is 1. The first-order chi connectivity index (χ1) is 7.41. The van der Waals surface area contributed by atoms with Gasteiger partial charge in [-0.25, -0.2) is 0 Å². The van der Waals surface area contributed by atoms with Crippen molar-refractivity contribution >= 4 is 0 Å². The molecule has 2 rings (SSSR count). The first-order valence-electron chi connectivity index (χ1n) is 6.90. The van der Waals surface area contributed by atoms with E-state index in [4.69, 9.17) is 0 Å². The van der Waals surface area contributed by atoms with Crippen LogP contribution < -0.4 is 5.32 Å². The van der Waals surface area contributed by atoms with Crippen molar-refractivity contribution < 1.29 is 0 Å². The minimum atomic E-state index is 0.297. The number of piperazine rings is 1. The van der Waals surface area contributed by atoms with Gasteiger partial charge < -0.3 is 5.32 Å². The monoisotopic (exact) mass is 224 g/mol. The van der Waals surface area contributed by atoms with Gasteiger partial charge in [-0.05, 0) is 32.1 Å². The third-order valence-electron chi connectivity index (χ3n) is 4.49. The van der Waals surface area contributed by atoms with Gasteiger partial charge in [-0.2, -0.15) is 0 Å². The fraction of sp³-hybridized carbons (Fsp3) is 1.00. The molecular weight excluding hydrogens is 196 g/mol. The Hall–Kier alpha value is -0.0800. The molecule has 2 fully saturated rings. The van der Waals surface area contributed by atoms with Crippen LogP contribution in [0.1, 0.15) is 53.4 Å². The minimum Gasteiger partial charge on any atom is -0.309 e. The zero-order chi connectivity index (χ0) is 11.8. The summed E-state index contributed by atoms with van der Waals surface area (Å²) in [6, 6.07) is 0.808. The second-order valence-corrected chi connectivity index (χ2v) is 7.03. The molecule has 0 radical (unpaired) electrons. The maximum Gasteiger partial charge on any atom is 0.0252 e. The molecular formula is C14H28N2. The number of hydrogen-bond acceptors (Lipinski definition) is 2. The summed E-state index contributed by atoms with van der Waals surface area (Å²) in [5.41, 5.74) is 0.817. The Morgan fingerprint density at radius 3 is 2.50 bits per heavy atom. The molecule has 1 unspecified atom stereocenters. The minimum absolute atomic E-state index is 0.297. The SMILES string of the molecule is CC1(C)CN(C2CCCCC2(C)C)CCN1. The Labute approximate surface area is 101 Å². The molecule has 1 N–H and O–H groups in total. The largest absolute Gasteiger partial charge is 0.309 e. The Bertz CT molecular complexity index is 245. The zero-order valence-corrected chi connectivity index (χ0v) is 11.5. The van der Waals surface area contributed by atoms with Gasteiger partial charge in [0.15, 0.2) is 0 Å². The molecule has 1 heterocycles. The summed E-state index contributed by atoms with van der Waals surface area (Å²) in [6.07, 6.45) is 5.67. The quantitative estimate of drug-likeness (QED) is 0.736. The molecule has 0 aromatic heterocycles. The van der Waals surface area contributed by atoms with Gasteiger partial charge in [0.05, 0.1) is 0 Å². The molecule has 1 aliphatic carbocycles. The van der Waals surface area contributed by atoms with Crippen molar-refractivity contribution in [3.05, 3.63) is 0 Å². The second kappa shape index (κ2) is 4.30. The summed E-state index contributed by atoms with van der Waals surface area (Å²) in [4.78, 5) is 2.75. The van der Waals surface area contributed by atoms with Crippen molar-refractivity contribution in [3.8, 4) is 0 Å². The average Bonchev–Trinajstić information content (AvgIpc) is 2.15. The van der Waals surface area contributed by atoms with Gasteiger partial charge in [-0.1, -0.05) is 26.7 Å². The fourth-order valence-electron chi connectivity index (χ4n) is 3.60. The van der Waals surface area contributed by atoms with Gasteiger partial charge in [0.1, 0.15) is 0 Å². The molecule has 2 aliphatic rings. The Morgan fingerprint density at radius 1 is 1.12 bits per heavy atom. The van der Waals surface area contributed by atoms with Crippen LogP contribution in [-0.4, -0.2) is 36.1 Å². The predicted octanol–water partition coefficient (Wildman–Crippen LogP) is 2.64. The highest BCUT2D eigenvalue weighted by Gasteiger charge is 2.39. The van der Waals surface area contributed by atoms with Crippen LogP contribution >= 0.6 is 0 Å². The molecule has 2 nitrogen and oxygen atoms in total. The fourth-order valence-corrected chi connectivity index (χ4v) is 3.60. The van der Waals surface area contributed by atoms with Crippen molar-refractivity contribution in [2.75, 3.05) is 19.6 Å². The highest BCUT2D eigenvalue weighted by Crippen LogP contribution is 2.39. The van der Waals surface area contributed by atoms with Crippen LogP contribution in [0.25, 0.3) is 0 Å². The number of nitrogens with one attached hydrogen (secondary N) is 1. The average molecular weight is 224 g/mol. The van der Waals surface area contributed by atoms with Crippen LogP contribution in [0.4, 0.5) is 0 Å². The van der Waals surface area contributed by atoms with E-state index in [1.54, 1.807) is 0 Å². The first-order valence-corrected chi connectivity index (χ1v) is 6.90.